The van der Waals surface area contributed by atoms with Crippen molar-refractivity contribution >= 4 is 33.8 Å². The molecule has 0 saturated carbocycles. The number of anilines is 1. The van der Waals surface area contributed by atoms with Crippen molar-refractivity contribution in [3.63, 3.8) is 0 Å². The van der Waals surface area contributed by atoms with E-state index in [4.69, 9.17) is 4.74 Å². The van der Waals surface area contributed by atoms with Crippen LogP contribution in [0.1, 0.15) is 31.8 Å². The largest absolute Gasteiger partial charge is 0.423 e. The number of ether oxygens (including phenoxy) is 1. The van der Waals surface area contributed by atoms with Gasteiger partial charge < -0.3 is 4.74 Å². The summed E-state index contributed by atoms with van der Waals surface area (Å²) in [6.45, 7) is 0.180. The van der Waals surface area contributed by atoms with Crippen LogP contribution in [-0.4, -0.2) is 32.8 Å². The van der Waals surface area contributed by atoms with Gasteiger partial charge in [-0.25, -0.2) is 18.6 Å². The first-order chi connectivity index (χ1) is 18.3. The van der Waals surface area contributed by atoms with Gasteiger partial charge in [0.15, 0.2) is 0 Å². The highest BCUT2D eigenvalue weighted by Crippen LogP contribution is 2.21. The summed E-state index contributed by atoms with van der Waals surface area (Å²) in [5.41, 5.74) is 5.20. The minimum atomic E-state index is -3.54. The molecule has 192 valence electrons. The molecule has 38 heavy (non-hydrogen) atoms. The van der Waals surface area contributed by atoms with Crippen LogP contribution in [-0.2, 0) is 16.6 Å². The molecule has 0 spiro atoms. The lowest BCUT2D eigenvalue weighted by molar-refractivity contribution is 0.0734. The number of sulfonamides is 1. The standard InChI is InChI=1S/C29H25N3O5S/c1-38(35,36)32(21-23-8-4-2-5-9-23)26-16-14-24(15-17-26)28(33)31-30-20-22-12-18-27(19-13-22)37-29(34)25-10-6-3-7-11-25/h2-20H,21H2,1H3,(H,31,33)/b30-20-. The van der Waals surface area contributed by atoms with Crippen molar-refractivity contribution < 1.29 is 22.7 Å². The van der Waals surface area contributed by atoms with Gasteiger partial charge in [0.1, 0.15) is 5.75 Å². The molecule has 0 aliphatic rings. The van der Waals surface area contributed by atoms with Crippen molar-refractivity contribution in [2.45, 2.75) is 6.54 Å². The smallest absolute Gasteiger partial charge is 0.343 e. The maximum absolute atomic E-state index is 12.5. The number of carbonyl (C=O) groups excluding carboxylic acids is 2. The quantitative estimate of drug-likeness (QED) is 0.148. The number of nitrogens with one attached hydrogen (secondary N) is 1. The van der Waals surface area contributed by atoms with Crippen LogP contribution >= 0.6 is 0 Å². The Hall–Kier alpha value is -4.76. The van der Waals surface area contributed by atoms with E-state index in [9.17, 15) is 18.0 Å². The van der Waals surface area contributed by atoms with Crippen molar-refractivity contribution in [2.75, 3.05) is 10.6 Å². The molecule has 0 heterocycles. The van der Waals surface area contributed by atoms with E-state index in [1.165, 1.54) is 10.5 Å². The number of hydrogen-bond donors (Lipinski definition) is 1. The highest BCUT2D eigenvalue weighted by Gasteiger charge is 2.18. The van der Waals surface area contributed by atoms with Crippen LogP contribution in [0.2, 0.25) is 0 Å². The molecule has 0 fully saturated rings. The van der Waals surface area contributed by atoms with Gasteiger partial charge in [-0.3, -0.25) is 9.10 Å². The molecule has 0 saturated heterocycles. The summed E-state index contributed by atoms with van der Waals surface area (Å²) in [5.74, 6) is -0.518. The Kier molecular flexibility index (Phi) is 8.30. The highest BCUT2D eigenvalue weighted by molar-refractivity contribution is 7.92. The zero-order valence-electron chi connectivity index (χ0n) is 20.5. The van der Waals surface area contributed by atoms with E-state index in [0.29, 0.717) is 28.1 Å². The molecule has 0 aliphatic heterocycles. The molecule has 1 amide bonds. The summed E-state index contributed by atoms with van der Waals surface area (Å²) in [6.07, 6.45) is 2.60. The van der Waals surface area contributed by atoms with Gasteiger partial charge in [-0.1, -0.05) is 48.5 Å². The van der Waals surface area contributed by atoms with Gasteiger partial charge in [0.05, 0.1) is 30.3 Å². The number of carbonyl (C=O) groups is 2. The zero-order chi connectivity index (χ0) is 27.0. The van der Waals surface area contributed by atoms with Crippen LogP contribution in [0.4, 0.5) is 5.69 Å². The second kappa shape index (κ2) is 12.0. The molecule has 4 aromatic rings. The average Bonchev–Trinajstić information content (AvgIpc) is 2.93. The van der Waals surface area contributed by atoms with E-state index in [-0.39, 0.29) is 6.54 Å². The Morgan fingerprint density at radius 1 is 0.816 bits per heavy atom. The molecule has 4 rings (SSSR count). The number of benzene rings is 4. The second-order valence-corrected chi connectivity index (χ2v) is 10.2. The van der Waals surface area contributed by atoms with Gasteiger partial charge >= 0.3 is 5.97 Å². The number of esters is 1. The third-order valence-electron chi connectivity index (χ3n) is 5.47. The predicted molar refractivity (Wildman–Crippen MR) is 147 cm³/mol. The van der Waals surface area contributed by atoms with Gasteiger partial charge in [-0.05, 0) is 71.8 Å². The van der Waals surface area contributed by atoms with Crippen LogP contribution in [0.5, 0.6) is 5.75 Å². The van der Waals surface area contributed by atoms with E-state index in [1.54, 1.807) is 72.8 Å². The third kappa shape index (κ3) is 7.14. The minimum absolute atomic E-state index is 0.180. The van der Waals surface area contributed by atoms with E-state index in [2.05, 4.69) is 10.5 Å². The van der Waals surface area contributed by atoms with Gasteiger partial charge in [0.25, 0.3) is 5.91 Å². The zero-order valence-corrected chi connectivity index (χ0v) is 21.3. The molecule has 0 aliphatic carbocycles. The van der Waals surface area contributed by atoms with Crippen molar-refractivity contribution in [3.8, 4) is 5.75 Å². The molecule has 0 atom stereocenters. The molecule has 8 nitrogen and oxygen atoms in total. The first-order valence-electron chi connectivity index (χ1n) is 11.6. The fraction of sp³-hybridized carbons (Fsp3) is 0.0690. The van der Waals surface area contributed by atoms with E-state index in [1.807, 2.05) is 36.4 Å². The average molecular weight is 528 g/mol. The van der Waals surface area contributed by atoms with Crippen LogP contribution in [0.15, 0.2) is 114 Å². The summed E-state index contributed by atoms with van der Waals surface area (Å²) in [6, 6.07) is 30.8. The van der Waals surface area contributed by atoms with Crippen LogP contribution in [0.25, 0.3) is 0 Å². The molecule has 0 bridgehead atoms. The lowest BCUT2D eigenvalue weighted by Gasteiger charge is -2.22. The predicted octanol–water partition coefficient (Wildman–Crippen LogP) is 4.64. The highest BCUT2D eigenvalue weighted by atomic mass is 32.2. The molecule has 0 unspecified atom stereocenters. The second-order valence-electron chi connectivity index (χ2n) is 8.33. The fourth-order valence-corrected chi connectivity index (χ4v) is 4.41. The van der Waals surface area contributed by atoms with Crippen LogP contribution in [0.3, 0.4) is 0 Å². The summed E-state index contributed by atoms with van der Waals surface area (Å²) in [4.78, 5) is 24.6. The molecule has 1 N–H and O–H groups in total. The lowest BCUT2D eigenvalue weighted by Crippen LogP contribution is -2.29. The van der Waals surface area contributed by atoms with Gasteiger partial charge in [0, 0.05) is 5.56 Å². The number of hydrogen-bond acceptors (Lipinski definition) is 6. The molecule has 0 aromatic heterocycles. The summed E-state index contributed by atoms with van der Waals surface area (Å²) in [7, 11) is -3.54. The first-order valence-corrected chi connectivity index (χ1v) is 13.5. The van der Waals surface area contributed by atoms with Crippen LogP contribution in [0, 0.1) is 0 Å². The van der Waals surface area contributed by atoms with Gasteiger partial charge in [-0.15, -0.1) is 0 Å². The SMILES string of the molecule is CS(=O)(=O)N(Cc1ccccc1)c1ccc(C(=O)N/N=C\c2ccc(OC(=O)c3ccccc3)cc2)cc1. The summed E-state index contributed by atoms with van der Waals surface area (Å²) < 4.78 is 31.4. The Labute approximate surface area is 221 Å². The third-order valence-corrected chi connectivity index (χ3v) is 6.61. The Bertz CT molecular complexity index is 1520. The normalized spacial score (nSPS) is 11.2. The molecule has 4 aromatic carbocycles. The summed E-state index contributed by atoms with van der Waals surface area (Å²) in [5, 5.41) is 3.97. The number of amides is 1. The number of nitrogens with zero attached hydrogens (tertiary/aromatic N) is 2. The Morgan fingerprint density at radius 2 is 1.42 bits per heavy atom. The monoisotopic (exact) mass is 527 g/mol. The Balaban J connectivity index is 1.34. The molecule has 9 heteroatoms. The fourth-order valence-electron chi connectivity index (χ4n) is 3.52. The maximum Gasteiger partial charge on any atom is 0.343 e. The van der Waals surface area contributed by atoms with Gasteiger partial charge in [-0.2, -0.15) is 5.10 Å². The lowest BCUT2D eigenvalue weighted by atomic mass is 10.2. The first kappa shape index (κ1) is 26.3. The Morgan fingerprint density at radius 3 is 2.03 bits per heavy atom. The minimum Gasteiger partial charge on any atom is -0.423 e. The van der Waals surface area contributed by atoms with E-state index < -0.39 is 21.9 Å². The van der Waals surface area contributed by atoms with Crippen LogP contribution < -0.4 is 14.5 Å². The van der Waals surface area contributed by atoms with Crippen molar-refractivity contribution in [2.24, 2.45) is 5.10 Å². The van der Waals surface area contributed by atoms with Crippen molar-refractivity contribution in [1.82, 2.24) is 5.43 Å². The van der Waals surface area contributed by atoms with Crippen molar-refractivity contribution in [1.29, 1.82) is 0 Å². The molecular formula is C29H25N3O5S. The summed E-state index contributed by atoms with van der Waals surface area (Å²) >= 11 is 0. The van der Waals surface area contributed by atoms with E-state index in [0.717, 1.165) is 11.8 Å². The van der Waals surface area contributed by atoms with E-state index >= 15 is 0 Å². The van der Waals surface area contributed by atoms with Crippen molar-refractivity contribution in [3.05, 3.63) is 131 Å². The maximum atomic E-state index is 12.5. The number of hydrazone groups is 1. The van der Waals surface area contributed by atoms with Gasteiger partial charge in [0.2, 0.25) is 10.0 Å². The molecular weight excluding hydrogens is 502 g/mol. The number of rotatable bonds is 9. The molecule has 0 radical (unpaired) electrons. The topological polar surface area (TPSA) is 105 Å².